The second-order valence-corrected chi connectivity index (χ2v) is 10.1. The van der Waals surface area contributed by atoms with E-state index in [0.717, 1.165) is 0 Å². The molecule has 0 aromatic carbocycles. The van der Waals surface area contributed by atoms with Crippen LogP contribution in [0.4, 0.5) is 0 Å². The molecule has 208 valence electrons. The predicted octanol–water partition coefficient (Wildman–Crippen LogP) is -5.00. The van der Waals surface area contributed by atoms with E-state index in [9.17, 15) is 15.3 Å². The van der Waals surface area contributed by atoms with Crippen LogP contribution >= 0.6 is 0 Å². The maximum Gasteiger partial charge on any atom is 0.215 e. The molecule has 2 fully saturated rings. The molecule has 12 atom stereocenters. The zero-order chi connectivity index (χ0) is 27.0. The lowest BCUT2D eigenvalue weighted by molar-refractivity contribution is -0.330. The van der Waals surface area contributed by atoms with Gasteiger partial charge in [-0.2, -0.15) is 0 Å². The molecule has 36 heavy (non-hydrogen) atoms. The highest BCUT2D eigenvalue weighted by molar-refractivity contribution is 5.74. The van der Waals surface area contributed by atoms with Gasteiger partial charge in [-0.05, 0) is 33.4 Å². The Kier molecular flexibility index (Phi) is 8.84. The van der Waals surface area contributed by atoms with Crippen LogP contribution in [0.3, 0.4) is 0 Å². The summed E-state index contributed by atoms with van der Waals surface area (Å²) in [4.78, 5) is 0. The molecule has 16 N–H and O–H groups in total. The number of ether oxygens (including phenoxy) is 4. The number of rotatable bonds is 7. The average Bonchev–Trinajstić information content (AvgIpc) is 2.81. The van der Waals surface area contributed by atoms with E-state index < -0.39 is 78.3 Å². The lowest BCUT2D eigenvalue weighted by Gasteiger charge is -2.55. The van der Waals surface area contributed by atoms with Crippen molar-refractivity contribution in [1.82, 2.24) is 10.6 Å². The Balaban J connectivity index is 1.90. The van der Waals surface area contributed by atoms with Crippen molar-refractivity contribution in [3.05, 3.63) is 11.8 Å². The number of likely N-dealkylation sites (N-methyl/N-ethyl adjacent to an activating group) is 1. The second-order valence-electron chi connectivity index (χ2n) is 10.1. The monoisotopic (exact) mass is 518 g/mol. The second kappa shape index (κ2) is 11.0. The molecule has 0 spiro atoms. The molecule has 15 heteroatoms. The molecule has 3 rings (SSSR count). The van der Waals surface area contributed by atoms with E-state index in [4.69, 9.17) is 53.0 Å². The van der Waals surface area contributed by atoms with Gasteiger partial charge in [0.2, 0.25) is 6.29 Å². The molecule has 0 radical (unpaired) electrons. The van der Waals surface area contributed by atoms with Crippen molar-refractivity contribution in [3.8, 4) is 0 Å². The standard InChI is InChI=1S/C21H42N8O7/c1-20(32)7-33-18(12(30)15(20)28-3)36-21(2)14(25)11(29-19(26)27)10(24)13(16(21)31)35-17-9(23)5-4-8(6-22)34-17/h4,9-18,28,30-32H,5-7,22-25H2,1-3H3,(H4,26,27,29)/t9-,10+,11?,12-,13-,14-,15-,16+,17-,18-,20+,21+/m1/s1. The van der Waals surface area contributed by atoms with Gasteiger partial charge in [-0.3, -0.25) is 5.41 Å². The summed E-state index contributed by atoms with van der Waals surface area (Å²) in [5.41, 5.74) is 27.4. The van der Waals surface area contributed by atoms with Crippen molar-refractivity contribution >= 4 is 5.96 Å². The van der Waals surface area contributed by atoms with Crippen molar-refractivity contribution in [2.45, 2.75) is 92.6 Å². The van der Waals surface area contributed by atoms with Gasteiger partial charge in [-0.15, -0.1) is 0 Å². The van der Waals surface area contributed by atoms with Crippen LogP contribution in [-0.4, -0.2) is 114 Å². The van der Waals surface area contributed by atoms with Crippen molar-refractivity contribution in [1.29, 1.82) is 5.41 Å². The smallest absolute Gasteiger partial charge is 0.215 e. The molecule has 1 aliphatic carbocycles. The molecule has 2 aliphatic heterocycles. The van der Waals surface area contributed by atoms with E-state index in [1.54, 1.807) is 13.1 Å². The Hall–Kier alpha value is -1.63. The van der Waals surface area contributed by atoms with E-state index >= 15 is 0 Å². The van der Waals surface area contributed by atoms with Gasteiger partial charge in [0.25, 0.3) is 0 Å². The Bertz CT molecular complexity index is 819. The summed E-state index contributed by atoms with van der Waals surface area (Å²) in [5, 5.41) is 46.3. The van der Waals surface area contributed by atoms with E-state index in [0.29, 0.717) is 12.2 Å². The summed E-state index contributed by atoms with van der Waals surface area (Å²) < 4.78 is 23.6. The van der Waals surface area contributed by atoms with Gasteiger partial charge in [0.05, 0.1) is 43.4 Å². The first-order valence-electron chi connectivity index (χ1n) is 11.9. The lowest BCUT2D eigenvalue weighted by atomic mass is 9.72. The van der Waals surface area contributed by atoms with Crippen LogP contribution in [0.1, 0.15) is 20.3 Å². The number of hydrogen-bond donors (Lipinski definition) is 11. The largest absolute Gasteiger partial charge is 0.467 e. The highest BCUT2D eigenvalue weighted by atomic mass is 16.7. The zero-order valence-electron chi connectivity index (χ0n) is 20.8. The molecule has 2 heterocycles. The molecule has 0 aromatic rings. The predicted molar refractivity (Wildman–Crippen MR) is 129 cm³/mol. The van der Waals surface area contributed by atoms with Gasteiger partial charge in [0.15, 0.2) is 12.2 Å². The van der Waals surface area contributed by atoms with Crippen molar-refractivity contribution < 1.29 is 34.3 Å². The molecule has 1 saturated heterocycles. The molecule has 0 amide bonds. The number of guanidine groups is 1. The minimum Gasteiger partial charge on any atom is -0.467 e. The normalized spacial score (nSPS) is 47.6. The first kappa shape index (κ1) is 28.9. The molecule has 1 unspecified atom stereocenters. The molecule has 1 saturated carbocycles. The third-order valence-electron chi connectivity index (χ3n) is 7.30. The van der Waals surface area contributed by atoms with Crippen LogP contribution in [-0.2, 0) is 18.9 Å². The third-order valence-corrected chi connectivity index (χ3v) is 7.30. The van der Waals surface area contributed by atoms with Gasteiger partial charge >= 0.3 is 0 Å². The Morgan fingerprint density at radius 1 is 1.25 bits per heavy atom. The van der Waals surface area contributed by atoms with E-state index in [-0.39, 0.29) is 13.2 Å². The van der Waals surface area contributed by atoms with Gasteiger partial charge in [0.1, 0.15) is 35.3 Å². The van der Waals surface area contributed by atoms with Crippen molar-refractivity contribution in [3.63, 3.8) is 0 Å². The third kappa shape index (κ3) is 5.46. The van der Waals surface area contributed by atoms with Crippen molar-refractivity contribution in [2.24, 2.45) is 28.7 Å². The number of aliphatic hydroxyl groups is 3. The fourth-order valence-electron chi connectivity index (χ4n) is 5.09. The molecule has 3 aliphatic rings. The average molecular weight is 519 g/mol. The highest BCUT2D eigenvalue weighted by Gasteiger charge is 2.59. The van der Waals surface area contributed by atoms with Gasteiger partial charge < -0.3 is 73.6 Å². The van der Waals surface area contributed by atoms with E-state index in [2.05, 4.69) is 10.6 Å². The quantitative estimate of drug-likeness (QED) is 0.111. The summed E-state index contributed by atoms with van der Waals surface area (Å²) in [5.74, 6) is 0.0844. The minimum absolute atomic E-state index is 0.138. The zero-order valence-corrected chi connectivity index (χ0v) is 20.8. The van der Waals surface area contributed by atoms with Crippen LogP contribution in [0.2, 0.25) is 0 Å². The maximum atomic E-state index is 11.5. The molecule has 15 nitrogen and oxygen atoms in total. The van der Waals surface area contributed by atoms with Crippen LogP contribution in [0, 0.1) is 5.41 Å². The van der Waals surface area contributed by atoms with Gasteiger partial charge in [-0.25, -0.2) is 0 Å². The molecule has 0 bridgehead atoms. The lowest BCUT2D eigenvalue weighted by Crippen LogP contribution is -2.80. The van der Waals surface area contributed by atoms with Gasteiger partial charge in [-0.1, -0.05) is 0 Å². The van der Waals surface area contributed by atoms with Gasteiger partial charge in [0, 0.05) is 0 Å². The minimum atomic E-state index is -1.63. The number of nitrogens with one attached hydrogen (secondary N) is 3. The summed E-state index contributed by atoms with van der Waals surface area (Å²) in [6.45, 7) is 3.02. The number of aliphatic hydroxyl groups excluding tert-OH is 2. The Labute approximate surface area is 210 Å². The fraction of sp³-hybridized carbons (Fsp3) is 0.857. The molecule has 0 aromatic heterocycles. The summed E-state index contributed by atoms with van der Waals surface area (Å²) in [7, 11) is 1.58. The number of nitrogens with two attached hydrogens (primary N) is 5. The Morgan fingerprint density at radius 3 is 2.50 bits per heavy atom. The fourth-order valence-corrected chi connectivity index (χ4v) is 5.09. The van der Waals surface area contributed by atoms with Crippen LogP contribution in [0.5, 0.6) is 0 Å². The van der Waals surface area contributed by atoms with Crippen LogP contribution in [0.15, 0.2) is 11.8 Å². The van der Waals surface area contributed by atoms with Crippen LogP contribution in [0.25, 0.3) is 0 Å². The highest BCUT2D eigenvalue weighted by Crippen LogP contribution is 2.37. The van der Waals surface area contributed by atoms with Crippen molar-refractivity contribution in [2.75, 3.05) is 20.2 Å². The topological polar surface area (TPSA) is 276 Å². The summed E-state index contributed by atoms with van der Waals surface area (Å²) in [6, 6.07) is -4.27. The number of hydrogen-bond acceptors (Lipinski definition) is 13. The Morgan fingerprint density at radius 2 is 1.92 bits per heavy atom. The van der Waals surface area contributed by atoms with E-state index in [1.807, 2.05) is 0 Å². The summed E-state index contributed by atoms with van der Waals surface area (Å²) in [6.07, 6.45) is -3.98. The summed E-state index contributed by atoms with van der Waals surface area (Å²) >= 11 is 0. The van der Waals surface area contributed by atoms with Crippen LogP contribution < -0.4 is 39.3 Å². The SMILES string of the molecule is CN[C@@H]1[C@@H](O)[C@@H](O[C@@]2(C)[C@H](N)C(NC(=N)N)[C@H](N)[C@@H](O[C@H]3OC(CN)=CC[C@H]3N)[C@@H]2O)OC[C@]1(C)O. The maximum absolute atomic E-state index is 11.5. The molecular formula is C21H42N8O7. The first-order chi connectivity index (χ1) is 16.8. The van der Waals surface area contributed by atoms with E-state index in [1.165, 1.54) is 13.8 Å². The molecular weight excluding hydrogens is 476 g/mol. The first-order valence-corrected chi connectivity index (χ1v) is 11.9.